The summed E-state index contributed by atoms with van der Waals surface area (Å²) in [6.45, 7) is 18.6. The topological polar surface area (TPSA) is 38.8 Å². The van der Waals surface area contributed by atoms with Crippen molar-refractivity contribution in [2.24, 2.45) is 28.6 Å². The van der Waals surface area contributed by atoms with Gasteiger partial charge in [0, 0.05) is 29.8 Å². The van der Waals surface area contributed by atoms with Gasteiger partial charge in [0.1, 0.15) is 11.9 Å². The van der Waals surface area contributed by atoms with Crippen LogP contribution in [0.4, 0.5) is 0 Å². The lowest BCUT2D eigenvalue weighted by Crippen LogP contribution is -2.56. The van der Waals surface area contributed by atoms with Crippen LogP contribution >= 0.6 is 0 Å². The number of rotatable bonds is 2. The van der Waals surface area contributed by atoms with Crippen LogP contribution in [0.3, 0.4) is 0 Å². The van der Waals surface area contributed by atoms with E-state index in [1.165, 1.54) is 11.1 Å². The van der Waals surface area contributed by atoms with E-state index < -0.39 is 8.32 Å². The molecule has 1 heterocycles. The van der Waals surface area contributed by atoms with Crippen LogP contribution in [0.2, 0.25) is 18.1 Å². The number of ketones is 1. The van der Waals surface area contributed by atoms with Crippen molar-refractivity contribution in [2.75, 3.05) is 0 Å². The highest BCUT2D eigenvalue weighted by atomic mass is 28.4. The molecule has 3 saturated carbocycles. The van der Waals surface area contributed by atoms with E-state index in [0.29, 0.717) is 42.4 Å². The Morgan fingerprint density at radius 3 is 2.58 bits per heavy atom. The van der Waals surface area contributed by atoms with E-state index in [1.807, 2.05) is 0 Å². The molecule has 4 aliphatic carbocycles. The minimum absolute atomic E-state index is 0.0116. The molecule has 0 radical (unpaired) electrons. The predicted octanol–water partition coefficient (Wildman–Crippen LogP) is 6.45. The van der Waals surface area contributed by atoms with Crippen molar-refractivity contribution in [2.45, 2.75) is 110 Å². The first kappa shape index (κ1) is 22.1. The van der Waals surface area contributed by atoms with Crippen LogP contribution in [-0.4, -0.2) is 32.4 Å². The summed E-state index contributed by atoms with van der Waals surface area (Å²) in [5.41, 5.74) is 2.95. The molecule has 5 rings (SSSR count). The zero-order valence-corrected chi connectivity index (χ0v) is 21.9. The number of Topliss-reactive ketones (excluding diaryl/α,β-unsaturated/α-hetero) is 1. The summed E-state index contributed by atoms with van der Waals surface area (Å²) in [5, 5.41) is 0.233. The zero-order chi connectivity index (χ0) is 22.6. The van der Waals surface area contributed by atoms with Crippen molar-refractivity contribution < 1.29 is 14.0 Å². The van der Waals surface area contributed by atoms with Gasteiger partial charge >= 0.3 is 0 Å². The first-order chi connectivity index (χ1) is 14.3. The van der Waals surface area contributed by atoms with Gasteiger partial charge in [0.05, 0.1) is 6.10 Å². The highest BCUT2D eigenvalue weighted by Crippen LogP contribution is 2.69. The van der Waals surface area contributed by atoms with Crippen molar-refractivity contribution in [1.29, 1.82) is 0 Å². The van der Waals surface area contributed by atoms with Crippen LogP contribution in [-0.2, 0) is 14.0 Å². The minimum Gasteiger partial charge on any atom is -0.414 e. The molecule has 4 heteroatoms. The van der Waals surface area contributed by atoms with E-state index in [1.54, 1.807) is 0 Å². The second-order valence-electron chi connectivity index (χ2n) is 13.1. The molecule has 0 spiro atoms. The third kappa shape index (κ3) is 3.00. The molecule has 4 fully saturated rings. The highest BCUT2D eigenvalue weighted by molar-refractivity contribution is 6.74. The molecule has 0 N–H and O–H groups in total. The zero-order valence-electron chi connectivity index (χ0n) is 20.9. The van der Waals surface area contributed by atoms with Gasteiger partial charge < -0.3 is 9.16 Å². The Bertz CT molecular complexity index is 864. The number of fused-ring (bicyclic) bond motifs is 7. The normalized spacial score (nSPS) is 47.9. The molecule has 3 nitrogen and oxygen atoms in total. The second-order valence-corrected chi connectivity index (χ2v) is 17.9. The number of allylic oxidation sites excluding steroid dienone is 2. The lowest BCUT2D eigenvalue weighted by molar-refractivity contribution is -0.143. The minimum atomic E-state index is -1.78. The van der Waals surface area contributed by atoms with E-state index in [2.05, 4.69) is 66.8 Å². The fraction of sp³-hybridized carbons (Fsp3) is 0.815. The molecule has 1 saturated heterocycles. The summed E-state index contributed by atoms with van der Waals surface area (Å²) in [4.78, 5) is 13.7. The SMILES string of the molecule is C/C=C1/[C@H]2O[C@H]2[C@H]2[C@@H]3CC=C4C[C@@H](O[Si](C)(C)C(C)(C)C)CC[C@]4(C)[C@H]3C(=O)C[C@]12C. The van der Waals surface area contributed by atoms with E-state index in [-0.39, 0.29) is 21.8 Å². The molecule has 0 aromatic heterocycles. The number of hydrogen-bond donors (Lipinski definition) is 0. The van der Waals surface area contributed by atoms with Crippen LogP contribution in [0.5, 0.6) is 0 Å². The molecule has 1 aliphatic heterocycles. The Balaban J connectivity index is 1.42. The third-order valence-corrected chi connectivity index (χ3v) is 15.0. The van der Waals surface area contributed by atoms with Crippen molar-refractivity contribution in [3.8, 4) is 0 Å². The maximum atomic E-state index is 13.7. The largest absolute Gasteiger partial charge is 0.414 e. The Hall–Kier alpha value is -0.713. The van der Waals surface area contributed by atoms with Crippen molar-refractivity contribution in [1.82, 2.24) is 0 Å². The average molecular weight is 443 g/mol. The van der Waals surface area contributed by atoms with Crippen molar-refractivity contribution in [3.63, 3.8) is 0 Å². The van der Waals surface area contributed by atoms with Gasteiger partial charge in [-0.2, -0.15) is 0 Å². The summed E-state index contributed by atoms with van der Waals surface area (Å²) in [6.07, 6.45) is 10.7. The molecule has 0 aromatic rings. The van der Waals surface area contributed by atoms with Gasteiger partial charge in [-0.25, -0.2) is 0 Å². The lowest BCUT2D eigenvalue weighted by Gasteiger charge is -2.57. The first-order valence-corrected chi connectivity index (χ1v) is 15.5. The standard InChI is InChI=1S/C27H42O3Si/c1-9-19-23-24(29-23)22-18-11-10-16-14-17(30-31(7,8)25(2,3)4)12-13-26(16,5)21(18)20(28)15-27(19,22)6/h9-10,17-18,21-24H,11-15H2,1-8H3/b19-9-/t17-,18+,21+,22+,23+,24-,26-,27+/m0/s1. The van der Waals surface area contributed by atoms with Crippen molar-refractivity contribution >= 4 is 14.1 Å². The number of ether oxygens (including phenoxy) is 1. The van der Waals surface area contributed by atoms with Crippen LogP contribution in [0.1, 0.15) is 73.6 Å². The maximum absolute atomic E-state index is 13.7. The Kier molecular flexibility index (Phi) is 4.75. The van der Waals surface area contributed by atoms with Gasteiger partial charge in [-0.3, -0.25) is 4.79 Å². The number of carbonyl (C=O) groups is 1. The Morgan fingerprint density at radius 1 is 1.23 bits per heavy atom. The van der Waals surface area contributed by atoms with E-state index >= 15 is 0 Å². The second kappa shape index (κ2) is 6.67. The predicted molar refractivity (Wildman–Crippen MR) is 127 cm³/mol. The van der Waals surface area contributed by atoms with E-state index in [9.17, 15) is 4.79 Å². The fourth-order valence-electron chi connectivity index (χ4n) is 7.83. The molecular weight excluding hydrogens is 400 g/mol. The summed E-state index contributed by atoms with van der Waals surface area (Å²) >= 11 is 0. The van der Waals surface area contributed by atoms with Gasteiger partial charge in [-0.05, 0) is 67.6 Å². The van der Waals surface area contributed by atoms with E-state index in [0.717, 1.165) is 25.7 Å². The van der Waals surface area contributed by atoms with Crippen LogP contribution in [0.15, 0.2) is 23.3 Å². The molecule has 5 aliphatic rings. The summed E-state index contributed by atoms with van der Waals surface area (Å²) in [7, 11) is -1.78. The summed E-state index contributed by atoms with van der Waals surface area (Å²) < 4.78 is 13.0. The van der Waals surface area contributed by atoms with Crippen LogP contribution in [0.25, 0.3) is 0 Å². The Labute approximate surface area is 190 Å². The summed E-state index contributed by atoms with van der Waals surface area (Å²) in [6, 6.07) is 0. The number of epoxide rings is 1. The quantitative estimate of drug-likeness (QED) is 0.280. The molecular formula is C27H42O3Si. The monoisotopic (exact) mass is 442 g/mol. The van der Waals surface area contributed by atoms with Crippen LogP contribution < -0.4 is 0 Å². The van der Waals surface area contributed by atoms with E-state index in [4.69, 9.17) is 9.16 Å². The smallest absolute Gasteiger partial charge is 0.192 e. The maximum Gasteiger partial charge on any atom is 0.192 e. The van der Waals surface area contributed by atoms with Gasteiger partial charge in [-0.1, -0.05) is 52.3 Å². The molecule has 8 atom stereocenters. The molecule has 0 unspecified atom stereocenters. The van der Waals surface area contributed by atoms with Gasteiger partial charge in [0.2, 0.25) is 0 Å². The molecule has 0 aromatic carbocycles. The molecule has 0 bridgehead atoms. The molecule has 0 amide bonds. The Morgan fingerprint density at radius 2 is 1.94 bits per heavy atom. The van der Waals surface area contributed by atoms with Crippen molar-refractivity contribution in [3.05, 3.63) is 23.3 Å². The van der Waals surface area contributed by atoms with Crippen LogP contribution in [0, 0.1) is 28.6 Å². The average Bonchev–Trinajstić information content (AvgIpc) is 3.35. The highest BCUT2D eigenvalue weighted by Gasteiger charge is 2.71. The number of hydrogen-bond acceptors (Lipinski definition) is 3. The van der Waals surface area contributed by atoms with Gasteiger partial charge in [0.15, 0.2) is 8.32 Å². The first-order valence-electron chi connectivity index (χ1n) is 12.6. The lowest BCUT2D eigenvalue weighted by atomic mass is 9.47. The molecule has 31 heavy (non-hydrogen) atoms. The van der Waals surface area contributed by atoms with Gasteiger partial charge in [-0.15, -0.1) is 0 Å². The van der Waals surface area contributed by atoms with Gasteiger partial charge in [0.25, 0.3) is 0 Å². The number of carbonyl (C=O) groups excluding carboxylic acids is 1. The fourth-order valence-corrected chi connectivity index (χ4v) is 9.22. The summed E-state index contributed by atoms with van der Waals surface area (Å²) in [5.74, 6) is 1.62. The molecule has 172 valence electrons. The third-order valence-electron chi connectivity index (χ3n) is 10.4.